The van der Waals surface area contributed by atoms with Crippen LogP contribution in [-0.4, -0.2) is 10.1 Å². The number of thiol groups is 1. The lowest BCUT2D eigenvalue weighted by Gasteiger charge is -1.99. The quantitative estimate of drug-likeness (QED) is 0.644. The Bertz CT molecular complexity index is 456. The van der Waals surface area contributed by atoms with Crippen molar-refractivity contribution in [2.24, 2.45) is 0 Å². The van der Waals surface area contributed by atoms with Crippen LogP contribution < -0.4 is 5.56 Å². The number of H-pyrrole nitrogens is 1. The average molecular weight is 194 g/mol. The number of nitriles is 1. The van der Waals surface area contributed by atoms with E-state index in [0.717, 1.165) is 0 Å². The average Bonchev–Trinajstić information content (AvgIpc) is 2.03. The Labute approximate surface area is 79.6 Å². The first-order valence-electron chi connectivity index (χ1n) is 3.43. The van der Waals surface area contributed by atoms with E-state index in [9.17, 15) is 9.59 Å². The SMILES string of the molecule is Cc1[nH]c(=O)c(C#N)cc1C(=O)S. The van der Waals surface area contributed by atoms with Gasteiger partial charge < -0.3 is 4.98 Å². The van der Waals surface area contributed by atoms with Gasteiger partial charge in [-0.2, -0.15) is 5.26 Å². The number of carbonyl (C=O) groups excluding carboxylic acids is 1. The zero-order valence-corrected chi connectivity index (χ0v) is 7.68. The lowest BCUT2D eigenvalue weighted by molar-refractivity contribution is 0.109. The van der Waals surface area contributed by atoms with Crippen molar-refractivity contribution >= 4 is 17.7 Å². The molecule has 0 radical (unpaired) electrons. The molecule has 1 aromatic heterocycles. The van der Waals surface area contributed by atoms with Crippen LogP contribution in [0.1, 0.15) is 21.6 Å². The van der Waals surface area contributed by atoms with Crippen molar-refractivity contribution in [1.82, 2.24) is 4.98 Å². The standard InChI is InChI=1S/C8H6N2O2S/c1-4-6(8(12)13)2-5(3-9)7(11)10-4/h2H,1H3,(H,10,11)(H,12,13). The number of nitrogens with zero attached hydrogens (tertiary/aromatic N) is 1. The van der Waals surface area contributed by atoms with E-state index in [-0.39, 0.29) is 11.1 Å². The number of aromatic amines is 1. The van der Waals surface area contributed by atoms with Gasteiger partial charge in [0.1, 0.15) is 11.6 Å². The van der Waals surface area contributed by atoms with E-state index < -0.39 is 10.7 Å². The Balaban J connectivity index is 3.51. The Morgan fingerprint density at radius 1 is 1.69 bits per heavy atom. The predicted octanol–water partition coefficient (Wildman–Crippen LogP) is 0.625. The second kappa shape index (κ2) is 3.46. The molecule has 0 amide bonds. The van der Waals surface area contributed by atoms with Crippen molar-refractivity contribution in [3.05, 3.63) is 33.2 Å². The molecule has 1 rings (SSSR count). The van der Waals surface area contributed by atoms with E-state index in [4.69, 9.17) is 5.26 Å². The fraction of sp³-hybridized carbons (Fsp3) is 0.125. The fourth-order valence-electron chi connectivity index (χ4n) is 0.928. The number of nitrogens with one attached hydrogen (secondary N) is 1. The van der Waals surface area contributed by atoms with Gasteiger partial charge in [0.25, 0.3) is 5.56 Å². The minimum atomic E-state index is -0.488. The third kappa shape index (κ3) is 1.79. The highest BCUT2D eigenvalue weighted by atomic mass is 32.1. The van der Waals surface area contributed by atoms with Gasteiger partial charge in [-0.1, -0.05) is 0 Å². The number of aryl methyl sites for hydroxylation is 1. The molecule has 1 N–H and O–H groups in total. The van der Waals surface area contributed by atoms with Crippen LogP contribution in [0.15, 0.2) is 10.9 Å². The van der Waals surface area contributed by atoms with Crippen LogP contribution in [0.25, 0.3) is 0 Å². The van der Waals surface area contributed by atoms with Crippen LogP contribution in [0.3, 0.4) is 0 Å². The van der Waals surface area contributed by atoms with Gasteiger partial charge in [-0.3, -0.25) is 9.59 Å². The molecular formula is C8H6N2O2S. The topological polar surface area (TPSA) is 73.7 Å². The van der Waals surface area contributed by atoms with Gasteiger partial charge in [0.05, 0.1) is 0 Å². The molecule has 0 atom stereocenters. The lowest BCUT2D eigenvalue weighted by atomic mass is 10.1. The molecular weight excluding hydrogens is 188 g/mol. The largest absolute Gasteiger partial charge is 0.325 e. The van der Waals surface area contributed by atoms with E-state index in [0.29, 0.717) is 5.69 Å². The second-order valence-corrected chi connectivity index (χ2v) is 2.87. The van der Waals surface area contributed by atoms with Gasteiger partial charge in [-0.15, -0.1) is 12.6 Å². The zero-order valence-electron chi connectivity index (χ0n) is 6.79. The van der Waals surface area contributed by atoms with Crippen LogP contribution in [0, 0.1) is 18.3 Å². The molecule has 0 aromatic carbocycles. The maximum Gasteiger partial charge on any atom is 0.266 e. The smallest absolute Gasteiger partial charge is 0.266 e. The van der Waals surface area contributed by atoms with Crippen LogP contribution >= 0.6 is 12.6 Å². The molecule has 0 saturated heterocycles. The Kier molecular flexibility index (Phi) is 2.54. The third-order valence-electron chi connectivity index (χ3n) is 1.59. The summed E-state index contributed by atoms with van der Waals surface area (Å²) in [5.41, 5.74) is 0.102. The van der Waals surface area contributed by atoms with Crippen LogP contribution in [0.5, 0.6) is 0 Å². The number of aromatic nitrogens is 1. The second-order valence-electron chi connectivity index (χ2n) is 2.47. The number of carbonyl (C=O) groups is 1. The Morgan fingerprint density at radius 3 is 2.77 bits per heavy atom. The van der Waals surface area contributed by atoms with E-state index in [2.05, 4.69) is 17.6 Å². The number of rotatable bonds is 1. The van der Waals surface area contributed by atoms with Crippen LogP contribution in [0.2, 0.25) is 0 Å². The Hall–Kier alpha value is -1.54. The summed E-state index contributed by atoms with van der Waals surface area (Å²) in [4.78, 5) is 24.3. The molecule has 5 heteroatoms. The van der Waals surface area contributed by atoms with Crippen molar-refractivity contribution in [2.75, 3.05) is 0 Å². The van der Waals surface area contributed by atoms with Crippen molar-refractivity contribution in [2.45, 2.75) is 6.92 Å². The van der Waals surface area contributed by atoms with Gasteiger partial charge in [0, 0.05) is 11.3 Å². The van der Waals surface area contributed by atoms with E-state index in [1.165, 1.54) is 6.07 Å². The number of hydrogen-bond acceptors (Lipinski definition) is 3. The first-order chi connectivity index (χ1) is 6.06. The Morgan fingerprint density at radius 2 is 2.31 bits per heavy atom. The lowest BCUT2D eigenvalue weighted by Crippen LogP contribution is -2.14. The molecule has 66 valence electrons. The summed E-state index contributed by atoms with van der Waals surface area (Å²) >= 11 is 3.61. The number of pyridine rings is 1. The van der Waals surface area contributed by atoms with Crippen molar-refractivity contribution in [3.8, 4) is 6.07 Å². The maximum absolute atomic E-state index is 11.0. The fourth-order valence-corrected chi connectivity index (χ4v) is 1.16. The normalized spacial score (nSPS) is 9.31. The summed E-state index contributed by atoms with van der Waals surface area (Å²) < 4.78 is 0. The summed E-state index contributed by atoms with van der Waals surface area (Å²) in [7, 11) is 0. The monoisotopic (exact) mass is 194 g/mol. The summed E-state index contributed by atoms with van der Waals surface area (Å²) in [6.45, 7) is 1.58. The van der Waals surface area contributed by atoms with Crippen LogP contribution in [0.4, 0.5) is 0 Å². The molecule has 0 aliphatic carbocycles. The van der Waals surface area contributed by atoms with Gasteiger partial charge in [-0.05, 0) is 13.0 Å². The molecule has 0 aliphatic rings. The molecule has 1 heterocycles. The summed E-state index contributed by atoms with van der Waals surface area (Å²) in [6, 6.07) is 2.93. The van der Waals surface area contributed by atoms with E-state index in [1.807, 2.05) is 0 Å². The summed E-state index contributed by atoms with van der Waals surface area (Å²) in [5, 5.41) is 8.04. The third-order valence-corrected chi connectivity index (χ3v) is 1.83. The van der Waals surface area contributed by atoms with Gasteiger partial charge in [0.2, 0.25) is 5.12 Å². The molecule has 0 spiro atoms. The van der Waals surface area contributed by atoms with Crippen LogP contribution in [-0.2, 0) is 0 Å². The van der Waals surface area contributed by atoms with Crippen molar-refractivity contribution < 1.29 is 4.79 Å². The summed E-state index contributed by atoms with van der Waals surface area (Å²) in [5.74, 6) is 0. The van der Waals surface area contributed by atoms with Gasteiger partial charge in [0.15, 0.2) is 0 Å². The first-order valence-corrected chi connectivity index (χ1v) is 3.88. The zero-order chi connectivity index (χ0) is 10.0. The highest BCUT2D eigenvalue weighted by molar-refractivity contribution is 7.97. The molecule has 1 aromatic rings. The molecule has 0 fully saturated rings. The molecule has 0 bridgehead atoms. The minimum Gasteiger partial charge on any atom is -0.325 e. The van der Waals surface area contributed by atoms with E-state index in [1.54, 1.807) is 13.0 Å². The predicted molar refractivity (Wildman–Crippen MR) is 49.8 cm³/mol. The van der Waals surface area contributed by atoms with E-state index >= 15 is 0 Å². The molecule has 0 aliphatic heterocycles. The minimum absolute atomic E-state index is 0.0806. The first kappa shape index (κ1) is 9.55. The molecule has 0 unspecified atom stereocenters. The number of hydrogen-bond donors (Lipinski definition) is 2. The van der Waals surface area contributed by atoms with Gasteiger partial charge >= 0.3 is 0 Å². The van der Waals surface area contributed by atoms with Crippen molar-refractivity contribution in [1.29, 1.82) is 5.26 Å². The molecule has 13 heavy (non-hydrogen) atoms. The molecule has 0 saturated carbocycles. The highest BCUT2D eigenvalue weighted by Gasteiger charge is 2.08. The van der Waals surface area contributed by atoms with Gasteiger partial charge in [-0.25, -0.2) is 0 Å². The maximum atomic E-state index is 11.0. The highest BCUT2D eigenvalue weighted by Crippen LogP contribution is 2.07. The molecule has 4 nitrogen and oxygen atoms in total. The van der Waals surface area contributed by atoms with Crippen molar-refractivity contribution in [3.63, 3.8) is 0 Å². The summed E-state index contributed by atoms with van der Waals surface area (Å²) in [6.07, 6.45) is 0.